The van der Waals surface area contributed by atoms with E-state index in [4.69, 9.17) is 10.3 Å². The van der Waals surface area contributed by atoms with E-state index in [0.717, 1.165) is 18.4 Å². The van der Waals surface area contributed by atoms with Crippen LogP contribution in [-0.4, -0.2) is 43.6 Å². The standard InChI is InChI=1S/C25H41N3O2.3C4H9.Sn/c1-2-3-4-5-6-7-8-9-10-11-12-13-17-20-25(24(21-29)27-28-26)30-22-23-18-15-14-16-19-23;3*1-3-4-2;/h14-20,24-25,29H,2-13,21-22H2,1H3;3*1,3-4H2,2H3;/b20-17+;;;;/t24-,25+;;;;/m0..../s1. The van der Waals surface area contributed by atoms with Crippen molar-refractivity contribution in [3.63, 3.8) is 0 Å². The molecule has 0 aliphatic carbocycles. The number of nitrogens with zero attached hydrogens (tertiary/aromatic N) is 3. The van der Waals surface area contributed by atoms with Gasteiger partial charge in [0.15, 0.2) is 0 Å². The van der Waals surface area contributed by atoms with Gasteiger partial charge in [-0.2, -0.15) is 0 Å². The Hall–Kier alpha value is -1.01. The third kappa shape index (κ3) is 27.1. The molecule has 1 N–H and O–H groups in total. The molecule has 43 heavy (non-hydrogen) atoms. The van der Waals surface area contributed by atoms with Crippen LogP contribution in [0.5, 0.6) is 0 Å². The Balaban J connectivity index is 0.00000114. The van der Waals surface area contributed by atoms with E-state index in [2.05, 4.69) is 43.8 Å². The molecule has 1 rings (SSSR count). The zero-order valence-corrected chi connectivity index (χ0v) is 31.5. The van der Waals surface area contributed by atoms with E-state index in [0.29, 0.717) is 6.61 Å². The molecule has 2 atom stereocenters. The van der Waals surface area contributed by atoms with Crippen LogP contribution >= 0.6 is 0 Å². The van der Waals surface area contributed by atoms with Gasteiger partial charge in [0.2, 0.25) is 0 Å². The summed E-state index contributed by atoms with van der Waals surface area (Å²) in [6, 6.07) is 9.28. The first-order valence-electron chi connectivity index (χ1n) is 18.0. The summed E-state index contributed by atoms with van der Waals surface area (Å²) < 4.78 is 11.0. The summed E-state index contributed by atoms with van der Waals surface area (Å²) in [4.78, 5) is 2.85. The van der Waals surface area contributed by atoms with Crippen molar-refractivity contribution < 1.29 is 9.84 Å². The van der Waals surface area contributed by atoms with E-state index in [1.165, 1.54) is 103 Å². The zero-order chi connectivity index (χ0) is 31.6. The second-order valence-electron chi connectivity index (χ2n) is 12.0. The van der Waals surface area contributed by atoms with E-state index in [1.54, 1.807) is 13.3 Å². The number of hydrogen-bond donors (Lipinski definition) is 1. The molecule has 0 fully saturated rings. The molecular formula is C37H68N3O2Sn. The van der Waals surface area contributed by atoms with Gasteiger partial charge in [-0.05, 0) is 23.9 Å². The molecule has 0 amide bonds. The van der Waals surface area contributed by atoms with Crippen LogP contribution in [0.4, 0.5) is 0 Å². The van der Waals surface area contributed by atoms with Crippen LogP contribution in [-0.2, 0) is 11.3 Å². The summed E-state index contributed by atoms with van der Waals surface area (Å²) in [6.45, 7) is 9.46. The van der Waals surface area contributed by atoms with Crippen LogP contribution in [0.1, 0.15) is 149 Å². The maximum atomic E-state index is 9.55. The maximum absolute atomic E-state index is 9.55. The number of benzene rings is 1. The summed E-state index contributed by atoms with van der Waals surface area (Å²) in [5.41, 5.74) is 9.81. The summed E-state index contributed by atoms with van der Waals surface area (Å²) in [7, 11) is 0. The van der Waals surface area contributed by atoms with Crippen LogP contribution in [0.15, 0.2) is 47.6 Å². The first-order chi connectivity index (χ1) is 21.2. The molecule has 0 bridgehead atoms. The van der Waals surface area contributed by atoms with Crippen molar-refractivity contribution in [3.05, 3.63) is 58.5 Å². The minimum absolute atomic E-state index is 0.230. The van der Waals surface area contributed by atoms with Gasteiger partial charge in [0, 0.05) is 4.91 Å². The number of ether oxygens (including phenoxy) is 1. The van der Waals surface area contributed by atoms with Crippen LogP contribution in [0.2, 0.25) is 13.3 Å². The van der Waals surface area contributed by atoms with Crippen molar-refractivity contribution in [2.75, 3.05) is 6.61 Å². The molecule has 5 nitrogen and oxygen atoms in total. The molecule has 0 aromatic heterocycles. The van der Waals surface area contributed by atoms with E-state index < -0.39 is 31.9 Å². The fourth-order valence-corrected chi connectivity index (χ4v) is 14.6. The van der Waals surface area contributed by atoms with Gasteiger partial charge in [-0.1, -0.05) is 119 Å². The average molecular weight is 706 g/mol. The summed E-state index contributed by atoms with van der Waals surface area (Å²) in [6.07, 6.45) is 28.1. The number of hydrogen-bond acceptors (Lipinski definition) is 3. The Morgan fingerprint density at radius 3 is 1.70 bits per heavy atom. The van der Waals surface area contributed by atoms with Gasteiger partial charge in [0.1, 0.15) is 0 Å². The van der Waals surface area contributed by atoms with Gasteiger partial charge in [0.05, 0.1) is 25.4 Å². The zero-order valence-electron chi connectivity index (χ0n) is 28.7. The molecular weight excluding hydrogens is 637 g/mol. The minimum atomic E-state index is -0.839. The Kier molecular flexibility index (Phi) is 33.1. The van der Waals surface area contributed by atoms with Crippen LogP contribution in [0.25, 0.3) is 10.4 Å². The summed E-state index contributed by atoms with van der Waals surface area (Å²) in [5.74, 6) is 0. The fourth-order valence-electron chi connectivity index (χ4n) is 5.15. The van der Waals surface area contributed by atoms with E-state index in [9.17, 15) is 5.11 Å². The Morgan fingerprint density at radius 2 is 1.23 bits per heavy atom. The molecule has 0 spiro atoms. The molecule has 0 heterocycles. The van der Waals surface area contributed by atoms with Crippen LogP contribution in [0, 0.1) is 0 Å². The first-order valence-corrected chi connectivity index (χ1v) is 24.0. The summed E-state index contributed by atoms with van der Waals surface area (Å²) in [5, 5.41) is 13.2. The molecule has 1 aromatic carbocycles. The monoisotopic (exact) mass is 706 g/mol. The third-order valence-corrected chi connectivity index (χ3v) is 17.1. The molecule has 6 heteroatoms. The van der Waals surface area contributed by atoms with Crippen molar-refractivity contribution in [1.82, 2.24) is 0 Å². The SMILES string of the molecule is CCCCCCCCCCCCC/C=C/[C@@H](OCc1ccccc1)[C@H](CO)N=[N+]=[N-].CCC[CH2][Sn]([CH2]CCC)[CH2]CCC. The average Bonchev–Trinajstić information content (AvgIpc) is 3.04. The second-order valence-corrected chi connectivity index (χ2v) is 20.6. The molecule has 0 aliphatic rings. The van der Waals surface area contributed by atoms with Crippen molar-refractivity contribution in [1.29, 1.82) is 0 Å². The van der Waals surface area contributed by atoms with Gasteiger partial charge in [-0.25, -0.2) is 0 Å². The van der Waals surface area contributed by atoms with E-state index in [-0.39, 0.29) is 6.61 Å². The van der Waals surface area contributed by atoms with Gasteiger partial charge in [0.25, 0.3) is 0 Å². The van der Waals surface area contributed by atoms with Crippen molar-refractivity contribution in [3.8, 4) is 0 Å². The molecule has 0 aliphatic heterocycles. The predicted molar refractivity (Wildman–Crippen MR) is 190 cm³/mol. The summed E-state index contributed by atoms with van der Waals surface area (Å²) >= 11 is -0.839. The normalized spacial score (nSPS) is 12.6. The van der Waals surface area contributed by atoms with E-state index >= 15 is 0 Å². The fraction of sp³-hybridized carbons (Fsp3) is 0.784. The number of rotatable bonds is 28. The topological polar surface area (TPSA) is 78.2 Å². The number of allylic oxidation sites excluding steroid dienone is 1. The van der Waals surface area contributed by atoms with Crippen molar-refractivity contribution in [2.24, 2.45) is 5.11 Å². The Bertz CT molecular complexity index is 751. The molecule has 0 saturated heterocycles. The number of aliphatic hydroxyl groups excluding tert-OH is 1. The molecule has 247 valence electrons. The Morgan fingerprint density at radius 1 is 0.744 bits per heavy atom. The number of unbranched alkanes of at least 4 members (excludes halogenated alkanes) is 14. The van der Waals surface area contributed by atoms with Gasteiger partial charge < -0.3 is 9.84 Å². The molecule has 0 saturated carbocycles. The van der Waals surface area contributed by atoms with Gasteiger partial charge >= 0.3 is 92.4 Å². The molecule has 1 aromatic rings. The molecule has 1 radical (unpaired) electrons. The van der Waals surface area contributed by atoms with Crippen molar-refractivity contribution in [2.45, 2.75) is 175 Å². The predicted octanol–water partition coefficient (Wildman–Crippen LogP) is 12.4. The van der Waals surface area contributed by atoms with Gasteiger partial charge in [-0.3, -0.25) is 0 Å². The van der Waals surface area contributed by atoms with E-state index in [1.807, 2.05) is 36.4 Å². The van der Waals surface area contributed by atoms with Crippen LogP contribution in [0.3, 0.4) is 0 Å². The van der Waals surface area contributed by atoms with Crippen molar-refractivity contribution >= 4 is 19.8 Å². The number of aliphatic hydroxyl groups is 1. The second kappa shape index (κ2) is 33.9. The Labute approximate surface area is 274 Å². The van der Waals surface area contributed by atoms with Crippen LogP contribution < -0.4 is 0 Å². The molecule has 0 unspecified atom stereocenters. The third-order valence-electron chi connectivity index (χ3n) is 8.00. The quantitative estimate of drug-likeness (QED) is 0.0235. The first kappa shape index (κ1) is 42.0. The van der Waals surface area contributed by atoms with Gasteiger partial charge in [-0.15, -0.1) is 0 Å². The number of azide groups is 1.